The van der Waals surface area contributed by atoms with Crippen molar-refractivity contribution in [1.82, 2.24) is 29.7 Å². The number of rotatable bonds is 9. The van der Waals surface area contributed by atoms with Gasteiger partial charge in [-0.2, -0.15) is 0 Å². The SMILES string of the molecule is O=C1c2nccnc2C(=O)N1CCOCCOCCN1C(=O)c2nccnc2C1=O. The van der Waals surface area contributed by atoms with Crippen molar-refractivity contribution in [1.29, 1.82) is 0 Å². The maximum Gasteiger partial charge on any atom is 0.281 e. The summed E-state index contributed by atoms with van der Waals surface area (Å²) in [4.78, 5) is 66.1. The van der Waals surface area contributed by atoms with Crippen LogP contribution in [0.1, 0.15) is 42.0 Å². The number of hydrogen-bond acceptors (Lipinski definition) is 10. The van der Waals surface area contributed by atoms with E-state index in [9.17, 15) is 19.2 Å². The van der Waals surface area contributed by atoms with Gasteiger partial charge in [-0.15, -0.1) is 0 Å². The van der Waals surface area contributed by atoms with Gasteiger partial charge < -0.3 is 9.47 Å². The van der Waals surface area contributed by atoms with Gasteiger partial charge in [0.2, 0.25) is 0 Å². The Morgan fingerprint density at radius 2 is 0.833 bits per heavy atom. The number of carbonyl (C=O) groups excluding carboxylic acids is 4. The Hall–Kier alpha value is -3.64. The van der Waals surface area contributed by atoms with Gasteiger partial charge in [0, 0.05) is 24.8 Å². The summed E-state index contributed by atoms with van der Waals surface area (Å²) in [6.45, 7) is 0.834. The molecule has 0 aromatic carbocycles. The summed E-state index contributed by atoms with van der Waals surface area (Å²) < 4.78 is 10.8. The minimum atomic E-state index is -0.493. The third-order valence-electron chi connectivity index (χ3n) is 4.48. The predicted octanol–water partition coefficient (Wildman–Crippen LogP) is -0.808. The molecule has 0 atom stereocenters. The van der Waals surface area contributed by atoms with E-state index in [-0.39, 0.29) is 62.3 Å². The Morgan fingerprint density at radius 1 is 0.533 bits per heavy atom. The number of imide groups is 2. The van der Waals surface area contributed by atoms with Crippen molar-refractivity contribution in [3.05, 3.63) is 47.6 Å². The first kappa shape index (κ1) is 19.7. The van der Waals surface area contributed by atoms with Crippen LogP contribution in [-0.2, 0) is 9.47 Å². The molecule has 0 spiro atoms. The first-order chi connectivity index (χ1) is 14.6. The molecule has 0 aliphatic carbocycles. The van der Waals surface area contributed by atoms with Crippen molar-refractivity contribution in [2.45, 2.75) is 0 Å². The molecule has 0 fully saturated rings. The maximum atomic E-state index is 12.1. The fraction of sp³-hybridized carbons (Fsp3) is 0.333. The van der Waals surface area contributed by atoms with Crippen LogP contribution in [0.25, 0.3) is 0 Å². The van der Waals surface area contributed by atoms with E-state index in [0.717, 1.165) is 9.80 Å². The molecule has 0 saturated heterocycles. The van der Waals surface area contributed by atoms with E-state index in [0.29, 0.717) is 0 Å². The molecule has 4 rings (SSSR count). The van der Waals surface area contributed by atoms with Crippen LogP contribution in [0.2, 0.25) is 0 Å². The number of nitrogens with zero attached hydrogens (tertiary/aromatic N) is 6. The zero-order chi connectivity index (χ0) is 21.1. The van der Waals surface area contributed by atoms with Crippen LogP contribution < -0.4 is 0 Å². The molecule has 4 amide bonds. The predicted molar refractivity (Wildman–Crippen MR) is 96.4 cm³/mol. The molecule has 0 bridgehead atoms. The lowest BCUT2D eigenvalue weighted by molar-refractivity contribution is 0.0283. The normalized spacial score (nSPS) is 15.2. The molecule has 0 N–H and O–H groups in total. The molecule has 2 aromatic heterocycles. The highest BCUT2D eigenvalue weighted by molar-refractivity contribution is 6.19. The van der Waals surface area contributed by atoms with Crippen molar-refractivity contribution in [3.63, 3.8) is 0 Å². The second kappa shape index (κ2) is 8.39. The van der Waals surface area contributed by atoms with Crippen molar-refractivity contribution in [2.75, 3.05) is 39.5 Å². The van der Waals surface area contributed by atoms with Crippen LogP contribution in [-0.4, -0.2) is 92.9 Å². The highest BCUT2D eigenvalue weighted by atomic mass is 16.5. The number of ether oxygens (including phenoxy) is 2. The Bertz CT molecular complexity index is 876. The van der Waals surface area contributed by atoms with Crippen LogP contribution in [0.5, 0.6) is 0 Å². The zero-order valence-electron chi connectivity index (χ0n) is 15.7. The van der Waals surface area contributed by atoms with E-state index in [1.165, 1.54) is 24.8 Å². The van der Waals surface area contributed by atoms with E-state index >= 15 is 0 Å². The Kier molecular flexibility index (Phi) is 5.50. The summed E-state index contributed by atoms with van der Waals surface area (Å²) in [6, 6.07) is 0. The van der Waals surface area contributed by atoms with Crippen LogP contribution in [0.3, 0.4) is 0 Å². The maximum absolute atomic E-state index is 12.1. The summed E-state index contributed by atoms with van der Waals surface area (Å²) in [5.74, 6) is -1.97. The molecule has 2 aromatic rings. The van der Waals surface area contributed by atoms with Gasteiger partial charge in [-0.3, -0.25) is 29.0 Å². The Morgan fingerprint density at radius 3 is 1.13 bits per heavy atom. The minimum absolute atomic E-state index is 0.0457. The van der Waals surface area contributed by atoms with E-state index in [4.69, 9.17) is 9.47 Å². The summed E-state index contributed by atoms with van der Waals surface area (Å²) >= 11 is 0. The molecule has 154 valence electrons. The lowest BCUT2D eigenvalue weighted by Crippen LogP contribution is -2.34. The van der Waals surface area contributed by atoms with Crippen LogP contribution >= 0.6 is 0 Å². The topological polar surface area (TPSA) is 145 Å². The van der Waals surface area contributed by atoms with Crippen molar-refractivity contribution < 1.29 is 28.7 Å². The van der Waals surface area contributed by atoms with Gasteiger partial charge in [-0.25, -0.2) is 19.9 Å². The first-order valence-electron chi connectivity index (χ1n) is 9.09. The summed E-state index contributed by atoms with van der Waals surface area (Å²) in [6.07, 6.45) is 5.43. The standard InChI is InChI=1S/C18H16N6O6/c25-15-11-12(20-2-1-19-11)16(26)23(15)5-7-29-9-10-30-8-6-24-17(27)13-14(18(24)28)22-4-3-21-13/h1-4H,5-10H2. The number of fused-ring (bicyclic) bond motifs is 2. The Labute approximate surface area is 169 Å². The molecule has 12 heteroatoms. The van der Waals surface area contributed by atoms with Gasteiger partial charge in [0.25, 0.3) is 23.6 Å². The molecule has 4 heterocycles. The average Bonchev–Trinajstić information content (AvgIpc) is 3.16. The Balaban J connectivity index is 1.12. The highest BCUT2D eigenvalue weighted by Crippen LogP contribution is 2.18. The lowest BCUT2D eigenvalue weighted by atomic mass is 10.3. The molecular formula is C18H16N6O6. The summed E-state index contributed by atoms with van der Waals surface area (Å²) in [5.41, 5.74) is 0.183. The highest BCUT2D eigenvalue weighted by Gasteiger charge is 2.38. The van der Waals surface area contributed by atoms with Crippen molar-refractivity contribution >= 4 is 23.6 Å². The molecule has 30 heavy (non-hydrogen) atoms. The van der Waals surface area contributed by atoms with Crippen molar-refractivity contribution in [2.24, 2.45) is 0 Å². The molecule has 2 aliphatic rings. The molecule has 0 radical (unpaired) electrons. The smallest absolute Gasteiger partial charge is 0.281 e. The van der Waals surface area contributed by atoms with Gasteiger partial charge in [-0.05, 0) is 0 Å². The number of hydrogen-bond donors (Lipinski definition) is 0. The minimum Gasteiger partial charge on any atom is -0.377 e. The number of carbonyl (C=O) groups is 4. The van der Waals surface area contributed by atoms with Gasteiger partial charge in [-0.1, -0.05) is 0 Å². The van der Waals surface area contributed by atoms with E-state index < -0.39 is 23.6 Å². The third kappa shape index (κ3) is 3.53. The number of aromatic nitrogens is 4. The molecule has 0 unspecified atom stereocenters. The fourth-order valence-corrected chi connectivity index (χ4v) is 3.04. The van der Waals surface area contributed by atoms with Crippen LogP contribution in [0.15, 0.2) is 24.8 Å². The van der Waals surface area contributed by atoms with E-state index in [1.807, 2.05) is 0 Å². The second-order valence-corrected chi connectivity index (χ2v) is 6.26. The monoisotopic (exact) mass is 412 g/mol. The summed E-state index contributed by atoms with van der Waals surface area (Å²) in [5, 5.41) is 0. The third-order valence-corrected chi connectivity index (χ3v) is 4.48. The quantitative estimate of drug-likeness (QED) is 0.379. The molecular weight excluding hydrogens is 396 g/mol. The number of amides is 4. The van der Waals surface area contributed by atoms with Crippen molar-refractivity contribution in [3.8, 4) is 0 Å². The van der Waals surface area contributed by atoms with Gasteiger partial charge in [0.05, 0.1) is 39.5 Å². The van der Waals surface area contributed by atoms with E-state index in [2.05, 4.69) is 19.9 Å². The fourth-order valence-electron chi connectivity index (χ4n) is 3.04. The zero-order valence-corrected chi connectivity index (χ0v) is 15.7. The van der Waals surface area contributed by atoms with E-state index in [1.54, 1.807) is 0 Å². The molecule has 0 saturated carbocycles. The first-order valence-corrected chi connectivity index (χ1v) is 9.09. The van der Waals surface area contributed by atoms with Gasteiger partial charge >= 0.3 is 0 Å². The molecule has 12 nitrogen and oxygen atoms in total. The van der Waals surface area contributed by atoms with Gasteiger partial charge in [0.15, 0.2) is 22.8 Å². The second-order valence-electron chi connectivity index (χ2n) is 6.26. The van der Waals surface area contributed by atoms with Crippen LogP contribution in [0.4, 0.5) is 0 Å². The lowest BCUT2D eigenvalue weighted by Gasteiger charge is -2.14. The molecule has 2 aliphatic heterocycles. The van der Waals surface area contributed by atoms with Crippen LogP contribution in [0, 0.1) is 0 Å². The summed E-state index contributed by atoms with van der Waals surface area (Å²) in [7, 11) is 0. The van der Waals surface area contributed by atoms with Gasteiger partial charge in [0.1, 0.15) is 0 Å². The average molecular weight is 412 g/mol. The largest absolute Gasteiger partial charge is 0.377 e.